The van der Waals surface area contributed by atoms with Gasteiger partial charge in [-0.2, -0.15) is 0 Å². The molecule has 0 saturated carbocycles. The van der Waals surface area contributed by atoms with Gasteiger partial charge in [0.15, 0.2) is 0 Å². The third-order valence-electron chi connectivity index (χ3n) is 2.51. The molecule has 0 heterocycles. The lowest BCUT2D eigenvalue weighted by molar-refractivity contribution is -0.143. The molecule has 0 unspecified atom stereocenters. The van der Waals surface area contributed by atoms with Crippen LogP contribution in [0.5, 0.6) is 0 Å². The van der Waals surface area contributed by atoms with Gasteiger partial charge in [0.2, 0.25) is 0 Å². The summed E-state index contributed by atoms with van der Waals surface area (Å²) in [5.74, 6) is -0.0898. The predicted molar refractivity (Wildman–Crippen MR) is 72.4 cm³/mol. The van der Waals surface area contributed by atoms with Crippen molar-refractivity contribution < 1.29 is 9.53 Å². The summed E-state index contributed by atoms with van der Waals surface area (Å²) in [6.07, 6.45) is 5.30. The van der Waals surface area contributed by atoms with Gasteiger partial charge in [-0.1, -0.05) is 25.5 Å². The minimum absolute atomic E-state index is 0.0898. The molecule has 0 spiro atoms. The summed E-state index contributed by atoms with van der Waals surface area (Å²) < 4.78 is 5.12. The first-order valence-electron chi connectivity index (χ1n) is 6.04. The average Bonchev–Trinajstić information content (AvgIpc) is 2.37. The van der Waals surface area contributed by atoms with E-state index in [1.807, 2.05) is 6.07 Å². The number of benzene rings is 1. The van der Waals surface area contributed by atoms with Crippen molar-refractivity contribution in [2.45, 2.75) is 37.5 Å². The van der Waals surface area contributed by atoms with Gasteiger partial charge in [-0.3, -0.25) is 4.79 Å². The fourth-order valence-electron chi connectivity index (χ4n) is 1.48. The fourth-order valence-corrected chi connectivity index (χ4v) is 1.96. The minimum atomic E-state index is -0.0898. The quantitative estimate of drug-likeness (QED) is 0.420. The molecule has 1 rings (SSSR count). The van der Waals surface area contributed by atoms with Gasteiger partial charge in [0.1, 0.15) is 0 Å². The first-order chi connectivity index (χ1) is 8.26. The highest BCUT2D eigenvalue weighted by molar-refractivity contribution is 7.98. The van der Waals surface area contributed by atoms with Gasteiger partial charge < -0.3 is 4.74 Å². The molecule has 17 heavy (non-hydrogen) atoms. The van der Waals surface area contributed by atoms with Crippen molar-refractivity contribution in [2.75, 3.05) is 12.9 Å². The maximum Gasteiger partial charge on any atom is 0.306 e. The van der Waals surface area contributed by atoms with Gasteiger partial charge in [-0.25, -0.2) is 0 Å². The maximum atomic E-state index is 11.4. The molecule has 0 fully saturated rings. The Morgan fingerprint density at radius 1 is 1.41 bits per heavy atom. The minimum Gasteiger partial charge on any atom is -0.466 e. The van der Waals surface area contributed by atoms with E-state index in [0.717, 1.165) is 19.3 Å². The standard InChI is InChI=1S/C14H20O2S/c1-3-4-10-16-14(15)9-8-12-6-5-7-13(11-12)17-2/h5-7,11H,3-4,8-10H2,1-2H3. The number of thioether (sulfide) groups is 1. The van der Waals surface area contributed by atoms with Crippen LogP contribution in [0.25, 0.3) is 0 Å². The Bertz CT molecular complexity index is 350. The molecular formula is C14H20O2S. The van der Waals surface area contributed by atoms with Crippen LogP contribution in [0.1, 0.15) is 31.7 Å². The summed E-state index contributed by atoms with van der Waals surface area (Å²) in [5, 5.41) is 0. The number of carbonyl (C=O) groups excluding carboxylic acids is 1. The van der Waals surface area contributed by atoms with E-state index in [4.69, 9.17) is 4.74 Å². The van der Waals surface area contributed by atoms with Gasteiger partial charge in [0, 0.05) is 11.3 Å². The van der Waals surface area contributed by atoms with E-state index in [1.165, 1.54) is 10.5 Å². The van der Waals surface area contributed by atoms with E-state index < -0.39 is 0 Å². The topological polar surface area (TPSA) is 26.3 Å². The Kier molecular flexibility index (Phi) is 6.78. The lowest BCUT2D eigenvalue weighted by Gasteiger charge is -2.05. The number of rotatable bonds is 7. The van der Waals surface area contributed by atoms with Crippen LogP contribution in [0.4, 0.5) is 0 Å². The molecule has 0 atom stereocenters. The van der Waals surface area contributed by atoms with E-state index in [1.54, 1.807) is 11.8 Å². The van der Waals surface area contributed by atoms with Crippen LogP contribution < -0.4 is 0 Å². The smallest absolute Gasteiger partial charge is 0.306 e. The lowest BCUT2D eigenvalue weighted by Crippen LogP contribution is -2.06. The largest absolute Gasteiger partial charge is 0.466 e. The molecule has 0 aliphatic heterocycles. The summed E-state index contributed by atoms with van der Waals surface area (Å²) in [4.78, 5) is 12.7. The number of hydrogen-bond donors (Lipinski definition) is 0. The normalized spacial score (nSPS) is 10.2. The molecule has 3 heteroatoms. The SMILES string of the molecule is CCCCOC(=O)CCc1cccc(SC)c1. The van der Waals surface area contributed by atoms with E-state index >= 15 is 0 Å². The van der Waals surface area contributed by atoms with Crippen LogP contribution in [-0.2, 0) is 16.0 Å². The second-order valence-electron chi connectivity index (χ2n) is 3.93. The fraction of sp³-hybridized carbons (Fsp3) is 0.500. The monoisotopic (exact) mass is 252 g/mol. The number of ether oxygens (including phenoxy) is 1. The number of hydrogen-bond acceptors (Lipinski definition) is 3. The molecule has 0 aliphatic rings. The number of aryl methyl sites for hydroxylation is 1. The van der Waals surface area contributed by atoms with Gasteiger partial charge in [0.05, 0.1) is 6.61 Å². The summed E-state index contributed by atoms with van der Waals surface area (Å²) >= 11 is 1.72. The van der Waals surface area contributed by atoms with Crippen LogP contribution in [0.2, 0.25) is 0 Å². The van der Waals surface area contributed by atoms with Gasteiger partial charge in [0.25, 0.3) is 0 Å². The summed E-state index contributed by atoms with van der Waals surface area (Å²) in [5.41, 5.74) is 1.20. The Balaban J connectivity index is 2.31. The van der Waals surface area contributed by atoms with Gasteiger partial charge >= 0.3 is 5.97 Å². The first kappa shape index (κ1) is 14.1. The summed E-state index contributed by atoms with van der Waals surface area (Å²) in [6.45, 7) is 2.64. The molecule has 0 bridgehead atoms. The molecule has 0 aliphatic carbocycles. The maximum absolute atomic E-state index is 11.4. The van der Waals surface area contributed by atoms with Crippen LogP contribution in [-0.4, -0.2) is 18.8 Å². The van der Waals surface area contributed by atoms with Crippen LogP contribution in [0, 0.1) is 0 Å². The van der Waals surface area contributed by atoms with Crippen LogP contribution in [0.3, 0.4) is 0 Å². The molecular weight excluding hydrogens is 232 g/mol. The van der Waals surface area contributed by atoms with Gasteiger partial charge in [-0.05, 0) is 36.8 Å². The zero-order valence-electron chi connectivity index (χ0n) is 10.6. The summed E-state index contributed by atoms with van der Waals surface area (Å²) in [7, 11) is 0. The molecule has 0 saturated heterocycles. The molecule has 0 N–H and O–H groups in total. The zero-order valence-corrected chi connectivity index (χ0v) is 11.4. The zero-order chi connectivity index (χ0) is 12.5. The van der Waals surface area contributed by atoms with Crippen molar-refractivity contribution in [3.63, 3.8) is 0 Å². The number of unbranched alkanes of at least 4 members (excludes halogenated alkanes) is 1. The Morgan fingerprint density at radius 2 is 2.24 bits per heavy atom. The Labute approximate surface area is 108 Å². The van der Waals surface area contributed by atoms with Crippen LogP contribution in [0.15, 0.2) is 29.2 Å². The molecule has 0 radical (unpaired) electrons. The number of esters is 1. The van der Waals surface area contributed by atoms with Crippen molar-refractivity contribution in [2.24, 2.45) is 0 Å². The highest BCUT2D eigenvalue weighted by Gasteiger charge is 2.03. The van der Waals surface area contributed by atoms with E-state index in [-0.39, 0.29) is 5.97 Å². The highest BCUT2D eigenvalue weighted by atomic mass is 32.2. The van der Waals surface area contributed by atoms with E-state index in [2.05, 4.69) is 31.4 Å². The molecule has 1 aromatic carbocycles. The summed E-state index contributed by atoms with van der Waals surface area (Å²) in [6, 6.07) is 8.29. The lowest BCUT2D eigenvalue weighted by atomic mass is 10.1. The highest BCUT2D eigenvalue weighted by Crippen LogP contribution is 2.16. The van der Waals surface area contributed by atoms with Crippen LogP contribution >= 0.6 is 11.8 Å². The number of carbonyl (C=O) groups is 1. The van der Waals surface area contributed by atoms with Gasteiger partial charge in [-0.15, -0.1) is 11.8 Å². The predicted octanol–water partition coefficient (Wildman–Crippen LogP) is 3.68. The first-order valence-corrected chi connectivity index (χ1v) is 7.27. The molecule has 94 valence electrons. The molecule has 1 aromatic rings. The van der Waals surface area contributed by atoms with Crippen molar-refractivity contribution in [1.82, 2.24) is 0 Å². The molecule has 0 aromatic heterocycles. The van der Waals surface area contributed by atoms with Crippen molar-refractivity contribution in [3.8, 4) is 0 Å². The van der Waals surface area contributed by atoms with E-state index in [0.29, 0.717) is 13.0 Å². The van der Waals surface area contributed by atoms with E-state index in [9.17, 15) is 4.79 Å². The Hall–Kier alpha value is -0.960. The second-order valence-corrected chi connectivity index (χ2v) is 4.81. The van der Waals surface area contributed by atoms with Crippen molar-refractivity contribution in [1.29, 1.82) is 0 Å². The second kappa shape index (κ2) is 8.18. The third-order valence-corrected chi connectivity index (χ3v) is 3.24. The average molecular weight is 252 g/mol. The van der Waals surface area contributed by atoms with Crippen molar-refractivity contribution in [3.05, 3.63) is 29.8 Å². The molecule has 2 nitrogen and oxygen atoms in total. The third kappa shape index (κ3) is 5.78. The van der Waals surface area contributed by atoms with Crippen molar-refractivity contribution >= 4 is 17.7 Å². The molecule has 0 amide bonds. The Morgan fingerprint density at radius 3 is 2.94 bits per heavy atom.